The molecule has 0 saturated carbocycles. The fourth-order valence-electron chi connectivity index (χ4n) is 2.24. The molecule has 0 atom stereocenters. The smallest absolute Gasteiger partial charge is 0.270 e. The summed E-state index contributed by atoms with van der Waals surface area (Å²) in [5.41, 5.74) is 0.892. The quantitative estimate of drug-likeness (QED) is 0.673. The van der Waals surface area contributed by atoms with Gasteiger partial charge in [-0.2, -0.15) is 0 Å². The van der Waals surface area contributed by atoms with Gasteiger partial charge in [-0.3, -0.25) is 4.79 Å². The van der Waals surface area contributed by atoms with E-state index in [1.165, 1.54) is 12.3 Å². The summed E-state index contributed by atoms with van der Waals surface area (Å²) < 4.78 is 15.7. The van der Waals surface area contributed by atoms with Gasteiger partial charge >= 0.3 is 0 Å². The lowest BCUT2D eigenvalue weighted by molar-refractivity contribution is 0.0943. The standard InChI is InChI=1S/C18H18N4O4/c1-24-12-5-6-14(16(10-12)25-2)21-18-19-8-7-15(22-18)17(23)20-11-13-4-3-9-26-13/h3-10H,11H2,1-2H3,(H,20,23)(H,19,21,22). The summed E-state index contributed by atoms with van der Waals surface area (Å²) in [5.74, 6) is 1.85. The third kappa shape index (κ3) is 4.10. The highest BCUT2D eigenvalue weighted by Crippen LogP contribution is 2.30. The third-order valence-electron chi connectivity index (χ3n) is 3.55. The van der Waals surface area contributed by atoms with Gasteiger partial charge in [0.1, 0.15) is 23.0 Å². The first-order valence-corrected chi connectivity index (χ1v) is 7.82. The second kappa shape index (κ2) is 8.02. The van der Waals surface area contributed by atoms with Crippen molar-refractivity contribution in [3.05, 3.63) is 60.3 Å². The van der Waals surface area contributed by atoms with Gasteiger partial charge in [-0.1, -0.05) is 0 Å². The molecule has 2 aromatic heterocycles. The van der Waals surface area contributed by atoms with Gasteiger partial charge in [0.25, 0.3) is 5.91 Å². The van der Waals surface area contributed by atoms with Crippen LogP contribution in [0.15, 0.2) is 53.3 Å². The maximum Gasteiger partial charge on any atom is 0.270 e. The Hall–Kier alpha value is -3.55. The molecule has 0 spiro atoms. The zero-order chi connectivity index (χ0) is 18.4. The van der Waals surface area contributed by atoms with Crippen molar-refractivity contribution in [2.45, 2.75) is 6.54 Å². The molecule has 8 heteroatoms. The van der Waals surface area contributed by atoms with E-state index >= 15 is 0 Å². The van der Waals surface area contributed by atoms with Crippen molar-refractivity contribution in [2.24, 2.45) is 0 Å². The number of ether oxygens (including phenoxy) is 2. The maximum atomic E-state index is 12.2. The summed E-state index contributed by atoms with van der Waals surface area (Å²) in [6.07, 6.45) is 3.06. The number of anilines is 2. The van der Waals surface area contributed by atoms with Crippen molar-refractivity contribution in [3.8, 4) is 11.5 Å². The largest absolute Gasteiger partial charge is 0.497 e. The van der Waals surface area contributed by atoms with E-state index in [0.29, 0.717) is 22.9 Å². The molecule has 0 bridgehead atoms. The van der Waals surface area contributed by atoms with E-state index < -0.39 is 0 Å². The minimum absolute atomic E-state index is 0.238. The van der Waals surface area contributed by atoms with Crippen LogP contribution in [0.5, 0.6) is 11.5 Å². The molecular formula is C18H18N4O4. The van der Waals surface area contributed by atoms with Crippen LogP contribution in [0.25, 0.3) is 0 Å². The number of furan rings is 1. The number of aromatic nitrogens is 2. The number of benzene rings is 1. The monoisotopic (exact) mass is 354 g/mol. The maximum absolute atomic E-state index is 12.2. The van der Waals surface area contributed by atoms with Crippen LogP contribution in [-0.4, -0.2) is 30.1 Å². The zero-order valence-corrected chi connectivity index (χ0v) is 14.4. The molecule has 26 heavy (non-hydrogen) atoms. The molecule has 0 radical (unpaired) electrons. The van der Waals surface area contributed by atoms with Crippen LogP contribution in [0.4, 0.5) is 11.6 Å². The second-order valence-electron chi connectivity index (χ2n) is 5.22. The molecule has 3 aromatic rings. The summed E-state index contributed by atoms with van der Waals surface area (Å²) in [7, 11) is 3.13. The summed E-state index contributed by atoms with van der Waals surface area (Å²) >= 11 is 0. The molecule has 0 aliphatic heterocycles. The number of methoxy groups -OCH3 is 2. The highest BCUT2D eigenvalue weighted by Gasteiger charge is 2.11. The van der Waals surface area contributed by atoms with E-state index in [2.05, 4.69) is 20.6 Å². The van der Waals surface area contributed by atoms with E-state index in [1.807, 2.05) is 0 Å². The van der Waals surface area contributed by atoms with Crippen molar-refractivity contribution in [2.75, 3.05) is 19.5 Å². The number of carbonyl (C=O) groups excluding carboxylic acids is 1. The van der Waals surface area contributed by atoms with Crippen LogP contribution >= 0.6 is 0 Å². The highest BCUT2D eigenvalue weighted by atomic mass is 16.5. The Kier molecular flexibility index (Phi) is 5.33. The van der Waals surface area contributed by atoms with Gasteiger partial charge in [-0.05, 0) is 30.3 Å². The van der Waals surface area contributed by atoms with E-state index in [0.717, 1.165) is 0 Å². The van der Waals surface area contributed by atoms with Crippen LogP contribution in [-0.2, 0) is 6.54 Å². The zero-order valence-electron chi connectivity index (χ0n) is 14.4. The molecule has 0 fully saturated rings. The lowest BCUT2D eigenvalue weighted by Crippen LogP contribution is -2.24. The van der Waals surface area contributed by atoms with Crippen LogP contribution in [0.1, 0.15) is 16.2 Å². The van der Waals surface area contributed by atoms with Gasteiger partial charge in [-0.25, -0.2) is 9.97 Å². The average Bonchev–Trinajstić information content (AvgIpc) is 3.20. The average molecular weight is 354 g/mol. The van der Waals surface area contributed by atoms with E-state index in [9.17, 15) is 4.79 Å². The molecule has 1 amide bonds. The third-order valence-corrected chi connectivity index (χ3v) is 3.55. The number of carbonyl (C=O) groups is 1. The first kappa shape index (κ1) is 17.3. The van der Waals surface area contributed by atoms with Crippen LogP contribution in [0.3, 0.4) is 0 Å². The van der Waals surface area contributed by atoms with Crippen molar-refractivity contribution >= 4 is 17.5 Å². The molecule has 0 unspecified atom stereocenters. The molecule has 0 saturated heterocycles. The molecular weight excluding hydrogens is 336 g/mol. The molecule has 8 nitrogen and oxygen atoms in total. The number of rotatable bonds is 7. The molecule has 2 N–H and O–H groups in total. The fraction of sp³-hybridized carbons (Fsp3) is 0.167. The van der Waals surface area contributed by atoms with E-state index in [4.69, 9.17) is 13.9 Å². The Bertz CT molecular complexity index is 881. The van der Waals surface area contributed by atoms with Crippen molar-refractivity contribution in [1.82, 2.24) is 15.3 Å². The Morgan fingerprint density at radius 3 is 2.81 bits per heavy atom. The van der Waals surface area contributed by atoms with Gasteiger partial charge in [0, 0.05) is 12.3 Å². The Morgan fingerprint density at radius 1 is 1.19 bits per heavy atom. The Balaban J connectivity index is 1.72. The predicted molar refractivity (Wildman–Crippen MR) is 94.7 cm³/mol. The number of nitrogens with one attached hydrogen (secondary N) is 2. The van der Waals surface area contributed by atoms with Crippen molar-refractivity contribution < 1.29 is 18.7 Å². The Morgan fingerprint density at radius 2 is 2.08 bits per heavy atom. The summed E-state index contributed by atoms with van der Waals surface area (Å²) in [6, 6.07) is 10.4. The van der Waals surface area contributed by atoms with Gasteiger partial charge in [0.15, 0.2) is 0 Å². The van der Waals surface area contributed by atoms with Crippen LogP contribution in [0.2, 0.25) is 0 Å². The minimum Gasteiger partial charge on any atom is -0.497 e. The first-order valence-electron chi connectivity index (χ1n) is 7.82. The summed E-state index contributed by atoms with van der Waals surface area (Å²) in [4.78, 5) is 20.6. The summed E-state index contributed by atoms with van der Waals surface area (Å²) in [6.45, 7) is 0.283. The molecule has 134 valence electrons. The van der Waals surface area contributed by atoms with Gasteiger partial charge in [0.2, 0.25) is 5.95 Å². The number of hydrogen-bond donors (Lipinski definition) is 2. The molecule has 0 aliphatic rings. The van der Waals surface area contributed by atoms with E-state index in [1.54, 1.807) is 50.8 Å². The van der Waals surface area contributed by atoms with Crippen molar-refractivity contribution in [3.63, 3.8) is 0 Å². The minimum atomic E-state index is -0.325. The molecule has 1 aromatic carbocycles. The van der Waals surface area contributed by atoms with Crippen molar-refractivity contribution in [1.29, 1.82) is 0 Å². The van der Waals surface area contributed by atoms with E-state index in [-0.39, 0.29) is 24.1 Å². The first-order chi connectivity index (χ1) is 12.7. The number of amides is 1. The Labute approximate surface area is 150 Å². The van der Waals surface area contributed by atoms with Crippen LogP contribution < -0.4 is 20.1 Å². The second-order valence-corrected chi connectivity index (χ2v) is 5.22. The topological polar surface area (TPSA) is 98.5 Å². The lowest BCUT2D eigenvalue weighted by Gasteiger charge is -2.12. The molecule has 0 aliphatic carbocycles. The highest BCUT2D eigenvalue weighted by molar-refractivity contribution is 5.92. The summed E-state index contributed by atoms with van der Waals surface area (Å²) in [5, 5.41) is 5.78. The predicted octanol–water partition coefficient (Wildman–Crippen LogP) is 2.76. The van der Waals surface area contributed by atoms with Gasteiger partial charge in [-0.15, -0.1) is 0 Å². The molecule has 2 heterocycles. The van der Waals surface area contributed by atoms with Gasteiger partial charge in [0.05, 0.1) is 32.7 Å². The number of nitrogens with zero attached hydrogens (tertiary/aromatic N) is 2. The van der Waals surface area contributed by atoms with Gasteiger partial charge < -0.3 is 24.5 Å². The number of hydrogen-bond acceptors (Lipinski definition) is 7. The lowest BCUT2D eigenvalue weighted by atomic mass is 10.2. The van der Waals surface area contributed by atoms with Crippen LogP contribution in [0, 0.1) is 0 Å². The molecule has 3 rings (SSSR count). The SMILES string of the molecule is COc1ccc(Nc2nccc(C(=O)NCc3ccco3)n2)c(OC)c1. The fourth-order valence-corrected chi connectivity index (χ4v) is 2.24. The normalized spacial score (nSPS) is 10.2.